The molecule has 1 aliphatic rings. The van der Waals surface area contributed by atoms with Gasteiger partial charge in [0.25, 0.3) is 0 Å². The van der Waals surface area contributed by atoms with Crippen LogP contribution in [0.2, 0.25) is 0 Å². The van der Waals surface area contributed by atoms with Crippen LogP contribution < -0.4 is 16.4 Å². The molecular formula is C36H38N4O7S. The fraction of sp³-hybridized carbons (Fsp3) is 0.278. The van der Waals surface area contributed by atoms with E-state index in [0.29, 0.717) is 47.1 Å². The maximum absolute atomic E-state index is 12.6. The smallest absolute Gasteiger partial charge is 0.338 e. The Kier molecular flexibility index (Phi) is 12.2. The minimum absolute atomic E-state index is 0.0580. The zero-order valence-electron chi connectivity index (χ0n) is 26.2. The van der Waals surface area contributed by atoms with Crippen LogP contribution in [0.25, 0.3) is 0 Å². The summed E-state index contributed by atoms with van der Waals surface area (Å²) in [5, 5.41) is 25.1. The molecule has 11 nitrogen and oxygen atoms in total. The molecule has 0 unspecified atom stereocenters. The maximum atomic E-state index is 12.6. The maximum Gasteiger partial charge on any atom is 0.338 e. The number of hydrogen-bond donors (Lipinski definition) is 5. The molecule has 0 bridgehead atoms. The van der Waals surface area contributed by atoms with Crippen molar-refractivity contribution in [3.8, 4) is 0 Å². The summed E-state index contributed by atoms with van der Waals surface area (Å²) in [6.45, 7) is -0.0580. The van der Waals surface area contributed by atoms with Crippen LogP contribution in [-0.4, -0.2) is 44.8 Å². The van der Waals surface area contributed by atoms with E-state index in [1.54, 1.807) is 48.7 Å². The number of rotatable bonds is 14. The molecule has 3 atom stereocenters. The number of carboxylic acids is 1. The number of hydrogen-bond acceptors (Lipinski definition) is 9. The number of aromatic nitrogens is 1. The van der Waals surface area contributed by atoms with E-state index in [-0.39, 0.29) is 49.0 Å². The van der Waals surface area contributed by atoms with Gasteiger partial charge >= 0.3 is 5.97 Å². The molecule has 0 aliphatic carbocycles. The van der Waals surface area contributed by atoms with Gasteiger partial charge in [0.1, 0.15) is 5.03 Å². The number of carbonyl (C=O) groups excluding carboxylic acids is 2. The number of anilines is 3. The van der Waals surface area contributed by atoms with E-state index in [2.05, 4.69) is 15.6 Å². The standard InChI is InChI=1S/C36H38N4O7S/c37-29-7-1-2-8-30(29)40-33(43)10-4-3-9-32(42)39-26-17-15-25(16-18-26)36-46-27(22-48-34-28(35(44)45)6-5-19-38-34)20-31(47-36)24-13-11-23(21-41)12-14-24/h1-2,5-8,11-19,27,31,36,41H,3-4,9-10,20-22,37H2,(H,39,42)(H,40,43)(H,44,45)/t27-,31+,36+/m0/s1. The zero-order chi connectivity index (χ0) is 33.9. The molecule has 48 heavy (non-hydrogen) atoms. The molecular weight excluding hydrogens is 632 g/mol. The molecule has 0 saturated carbocycles. The Bertz CT molecular complexity index is 1700. The van der Waals surface area contributed by atoms with E-state index in [9.17, 15) is 24.6 Å². The second kappa shape index (κ2) is 16.9. The molecule has 1 aromatic heterocycles. The van der Waals surface area contributed by atoms with Crippen molar-refractivity contribution in [3.05, 3.63) is 113 Å². The van der Waals surface area contributed by atoms with Crippen molar-refractivity contribution in [1.82, 2.24) is 4.98 Å². The molecule has 1 aliphatic heterocycles. The molecule has 2 amide bonds. The minimum atomic E-state index is -1.04. The molecule has 4 aromatic rings. The summed E-state index contributed by atoms with van der Waals surface area (Å²) in [7, 11) is 0. The number of carbonyl (C=O) groups is 3. The second-order valence-corrected chi connectivity index (χ2v) is 12.3. The number of nitrogens with two attached hydrogens (primary N) is 1. The number of para-hydroxylation sites is 2. The predicted molar refractivity (Wildman–Crippen MR) is 183 cm³/mol. The first-order chi connectivity index (χ1) is 23.3. The summed E-state index contributed by atoms with van der Waals surface area (Å²) in [5.41, 5.74) is 10.2. The van der Waals surface area contributed by atoms with Crippen LogP contribution in [0.5, 0.6) is 0 Å². The number of aliphatic hydroxyl groups is 1. The molecule has 12 heteroatoms. The number of carboxylic acid groups (broad SMARTS) is 1. The van der Waals surface area contributed by atoms with Crippen LogP contribution in [0, 0.1) is 0 Å². The Hall–Kier alpha value is -4.75. The number of aliphatic hydroxyl groups excluding tert-OH is 1. The predicted octanol–water partition coefficient (Wildman–Crippen LogP) is 6.33. The molecule has 6 N–H and O–H groups in total. The average Bonchev–Trinajstić information content (AvgIpc) is 3.10. The number of nitrogens with zero attached hydrogens (tertiary/aromatic N) is 1. The summed E-state index contributed by atoms with van der Waals surface area (Å²) < 4.78 is 12.8. The number of nitrogen functional groups attached to an aromatic ring is 1. The lowest BCUT2D eigenvalue weighted by atomic mass is 10.0. The van der Waals surface area contributed by atoms with Crippen LogP contribution in [0.1, 0.15) is 71.5 Å². The van der Waals surface area contributed by atoms with Gasteiger partial charge in [0.05, 0.1) is 35.8 Å². The lowest BCUT2D eigenvalue weighted by Crippen LogP contribution is -2.31. The van der Waals surface area contributed by atoms with Gasteiger partial charge < -0.3 is 36.1 Å². The molecule has 1 fully saturated rings. The normalized spacial score (nSPS) is 17.4. The highest BCUT2D eigenvalue weighted by Gasteiger charge is 2.32. The zero-order valence-corrected chi connectivity index (χ0v) is 27.0. The van der Waals surface area contributed by atoms with Crippen molar-refractivity contribution in [3.63, 3.8) is 0 Å². The Balaban J connectivity index is 1.16. The quantitative estimate of drug-likeness (QED) is 0.0580. The van der Waals surface area contributed by atoms with Crippen molar-refractivity contribution in [2.45, 2.75) is 62.2 Å². The van der Waals surface area contributed by atoms with Crippen molar-refractivity contribution in [1.29, 1.82) is 0 Å². The number of amides is 2. The fourth-order valence-corrected chi connectivity index (χ4v) is 6.21. The molecule has 5 rings (SSSR count). The molecule has 0 spiro atoms. The van der Waals surface area contributed by atoms with Crippen molar-refractivity contribution in [2.24, 2.45) is 0 Å². The van der Waals surface area contributed by atoms with Gasteiger partial charge in [-0.1, -0.05) is 48.5 Å². The van der Waals surface area contributed by atoms with Crippen molar-refractivity contribution < 1.29 is 34.1 Å². The van der Waals surface area contributed by atoms with Gasteiger partial charge in [-0.3, -0.25) is 9.59 Å². The Morgan fingerprint density at radius 1 is 0.854 bits per heavy atom. The molecule has 0 radical (unpaired) electrons. The summed E-state index contributed by atoms with van der Waals surface area (Å²) in [5.74, 6) is -0.886. The fourth-order valence-electron chi connectivity index (χ4n) is 5.20. The third kappa shape index (κ3) is 9.64. The average molecular weight is 671 g/mol. The lowest BCUT2D eigenvalue weighted by Gasteiger charge is -2.36. The van der Waals surface area contributed by atoms with E-state index >= 15 is 0 Å². The third-order valence-electron chi connectivity index (χ3n) is 7.78. The Labute approximate surface area is 282 Å². The van der Waals surface area contributed by atoms with Crippen LogP contribution in [-0.2, 0) is 25.7 Å². The highest BCUT2D eigenvalue weighted by Crippen LogP contribution is 2.39. The monoisotopic (exact) mass is 670 g/mol. The van der Waals surface area contributed by atoms with Gasteiger partial charge in [-0.05, 0) is 60.4 Å². The first kappa shape index (κ1) is 34.6. The topological polar surface area (TPSA) is 173 Å². The van der Waals surface area contributed by atoms with Crippen LogP contribution >= 0.6 is 11.8 Å². The SMILES string of the molecule is Nc1ccccc1NC(=O)CCCCC(=O)Nc1ccc([C@@H]2O[C@H](CSc3ncccc3C(=O)O)C[C@H](c3ccc(CO)cc3)O2)cc1. The summed E-state index contributed by atoms with van der Waals surface area (Å²) in [6.07, 6.45) is 2.46. The summed E-state index contributed by atoms with van der Waals surface area (Å²) in [4.78, 5) is 40.8. The number of pyridine rings is 1. The molecule has 3 aromatic carbocycles. The Morgan fingerprint density at radius 2 is 1.54 bits per heavy atom. The third-order valence-corrected chi connectivity index (χ3v) is 8.92. The van der Waals surface area contributed by atoms with Crippen LogP contribution in [0.15, 0.2) is 96.2 Å². The number of benzene rings is 3. The minimum Gasteiger partial charge on any atom is -0.478 e. The summed E-state index contributed by atoms with van der Waals surface area (Å²) in [6, 6.07) is 25.0. The van der Waals surface area contributed by atoms with E-state index in [4.69, 9.17) is 15.2 Å². The Morgan fingerprint density at radius 3 is 2.23 bits per heavy atom. The molecule has 250 valence electrons. The number of ether oxygens (including phenoxy) is 2. The van der Waals surface area contributed by atoms with E-state index < -0.39 is 12.3 Å². The number of unbranched alkanes of at least 4 members (excludes halogenated alkanes) is 1. The van der Waals surface area contributed by atoms with Crippen LogP contribution in [0.4, 0.5) is 17.1 Å². The second-order valence-electron chi connectivity index (χ2n) is 11.3. The van der Waals surface area contributed by atoms with Crippen LogP contribution in [0.3, 0.4) is 0 Å². The highest BCUT2D eigenvalue weighted by atomic mass is 32.2. The van der Waals surface area contributed by atoms with Gasteiger partial charge in [-0.15, -0.1) is 11.8 Å². The number of thioether (sulfide) groups is 1. The highest BCUT2D eigenvalue weighted by molar-refractivity contribution is 7.99. The van der Waals surface area contributed by atoms with Gasteiger partial charge in [-0.2, -0.15) is 0 Å². The van der Waals surface area contributed by atoms with E-state index in [0.717, 1.165) is 16.7 Å². The first-order valence-electron chi connectivity index (χ1n) is 15.6. The van der Waals surface area contributed by atoms with E-state index in [1.807, 2.05) is 36.4 Å². The summed E-state index contributed by atoms with van der Waals surface area (Å²) >= 11 is 1.32. The largest absolute Gasteiger partial charge is 0.478 e. The van der Waals surface area contributed by atoms with Gasteiger partial charge in [0.2, 0.25) is 11.8 Å². The lowest BCUT2D eigenvalue weighted by molar-refractivity contribution is -0.245. The van der Waals surface area contributed by atoms with Gasteiger partial charge in [0, 0.05) is 42.5 Å². The van der Waals surface area contributed by atoms with Gasteiger partial charge in [-0.25, -0.2) is 9.78 Å². The van der Waals surface area contributed by atoms with E-state index in [1.165, 1.54) is 17.8 Å². The molecule has 1 saturated heterocycles. The van der Waals surface area contributed by atoms with Crippen molar-refractivity contribution >= 4 is 46.6 Å². The van der Waals surface area contributed by atoms with Gasteiger partial charge in [0.15, 0.2) is 6.29 Å². The van der Waals surface area contributed by atoms with Crippen molar-refractivity contribution in [2.75, 3.05) is 22.1 Å². The number of nitrogens with one attached hydrogen (secondary N) is 2. The number of aromatic carboxylic acids is 1. The first-order valence-corrected chi connectivity index (χ1v) is 16.6. The molecule has 2 heterocycles.